The van der Waals surface area contributed by atoms with Crippen molar-refractivity contribution in [2.75, 3.05) is 4.90 Å². The molecule has 0 saturated carbocycles. The first-order valence-corrected chi connectivity index (χ1v) is 8.03. The molecule has 0 radical (unpaired) electrons. The largest absolute Gasteiger partial charge is 0.370 e. The number of carbonyl (C=O) groups is 2. The zero-order valence-corrected chi connectivity index (χ0v) is 13.5. The molecule has 0 unspecified atom stereocenters. The van der Waals surface area contributed by atoms with Gasteiger partial charge < -0.3 is 4.74 Å². The first kappa shape index (κ1) is 13.5. The highest BCUT2D eigenvalue weighted by molar-refractivity contribution is 9.10. The average molecular weight is 350 g/mol. The third-order valence-corrected chi connectivity index (χ3v) is 6.04. The second-order valence-electron chi connectivity index (χ2n) is 6.46. The number of imide groups is 1. The molecule has 3 saturated heterocycles. The molecule has 3 fully saturated rings. The second-order valence-corrected chi connectivity index (χ2v) is 7.31. The molecule has 0 N–H and O–H groups in total. The third-order valence-electron chi connectivity index (χ3n) is 5.16. The molecule has 21 heavy (non-hydrogen) atoms. The quantitative estimate of drug-likeness (QED) is 0.732. The normalized spacial score (nSPS) is 37.5. The van der Waals surface area contributed by atoms with Crippen molar-refractivity contribution in [1.82, 2.24) is 0 Å². The van der Waals surface area contributed by atoms with Crippen LogP contribution in [0.4, 0.5) is 5.69 Å². The number of amides is 2. The molecule has 1 aromatic carbocycles. The number of anilines is 1. The van der Waals surface area contributed by atoms with Crippen molar-refractivity contribution < 1.29 is 14.3 Å². The summed E-state index contributed by atoms with van der Waals surface area (Å²) in [5, 5.41) is 0. The highest BCUT2D eigenvalue weighted by Crippen LogP contribution is 2.55. The van der Waals surface area contributed by atoms with E-state index >= 15 is 0 Å². The Balaban J connectivity index is 1.77. The maximum atomic E-state index is 12.8. The van der Waals surface area contributed by atoms with E-state index in [0.717, 1.165) is 22.9 Å². The van der Waals surface area contributed by atoms with Crippen molar-refractivity contribution in [3.63, 3.8) is 0 Å². The van der Waals surface area contributed by atoms with Gasteiger partial charge in [0.05, 0.1) is 29.2 Å². The van der Waals surface area contributed by atoms with E-state index in [0.29, 0.717) is 5.69 Å². The van der Waals surface area contributed by atoms with E-state index in [4.69, 9.17) is 4.74 Å². The van der Waals surface area contributed by atoms with E-state index in [1.807, 2.05) is 32.0 Å². The lowest BCUT2D eigenvalue weighted by atomic mass is 9.74. The molecule has 3 aliphatic rings. The summed E-state index contributed by atoms with van der Waals surface area (Å²) in [6.45, 7) is 3.92. The topological polar surface area (TPSA) is 46.6 Å². The fraction of sp³-hybridized carbons (Fsp3) is 0.500. The van der Waals surface area contributed by atoms with Crippen molar-refractivity contribution in [2.45, 2.75) is 38.4 Å². The van der Waals surface area contributed by atoms with Crippen LogP contribution >= 0.6 is 15.9 Å². The van der Waals surface area contributed by atoms with Crippen LogP contribution in [0.15, 0.2) is 22.7 Å². The van der Waals surface area contributed by atoms with Crippen LogP contribution in [0.25, 0.3) is 0 Å². The molecule has 3 aliphatic heterocycles. The number of aryl methyl sites for hydroxylation is 1. The minimum atomic E-state index is -0.457. The highest BCUT2D eigenvalue weighted by Gasteiger charge is 2.67. The van der Waals surface area contributed by atoms with Gasteiger partial charge in [0.1, 0.15) is 0 Å². The van der Waals surface area contributed by atoms with Crippen LogP contribution in [0.5, 0.6) is 0 Å². The van der Waals surface area contributed by atoms with Crippen LogP contribution in [-0.2, 0) is 14.3 Å². The minimum absolute atomic E-state index is 0.0852. The van der Waals surface area contributed by atoms with Gasteiger partial charge in [-0.3, -0.25) is 9.59 Å². The Hall–Kier alpha value is -1.20. The predicted molar refractivity (Wildman–Crippen MR) is 80.9 cm³/mol. The van der Waals surface area contributed by atoms with Crippen LogP contribution in [0.1, 0.15) is 25.3 Å². The van der Waals surface area contributed by atoms with Gasteiger partial charge in [-0.1, -0.05) is 15.9 Å². The molecule has 5 heteroatoms. The van der Waals surface area contributed by atoms with Crippen molar-refractivity contribution in [2.24, 2.45) is 11.8 Å². The van der Waals surface area contributed by atoms with E-state index in [9.17, 15) is 9.59 Å². The van der Waals surface area contributed by atoms with Crippen LogP contribution in [0.3, 0.4) is 0 Å². The van der Waals surface area contributed by atoms with Gasteiger partial charge in [-0.25, -0.2) is 4.90 Å². The molecule has 2 amide bonds. The molecule has 1 aromatic rings. The molecule has 2 bridgehead atoms. The molecule has 0 aliphatic carbocycles. The third kappa shape index (κ3) is 1.64. The summed E-state index contributed by atoms with van der Waals surface area (Å²) in [6.07, 6.45) is 1.66. The van der Waals surface area contributed by atoms with Gasteiger partial charge in [-0.15, -0.1) is 0 Å². The van der Waals surface area contributed by atoms with Gasteiger partial charge in [0.2, 0.25) is 11.8 Å². The van der Waals surface area contributed by atoms with Crippen LogP contribution < -0.4 is 4.90 Å². The number of benzene rings is 1. The summed E-state index contributed by atoms with van der Waals surface area (Å²) >= 11 is 3.45. The van der Waals surface area contributed by atoms with Gasteiger partial charge >= 0.3 is 0 Å². The zero-order chi connectivity index (χ0) is 14.9. The van der Waals surface area contributed by atoms with Crippen molar-refractivity contribution >= 4 is 33.4 Å². The fourth-order valence-electron chi connectivity index (χ4n) is 4.10. The van der Waals surface area contributed by atoms with Gasteiger partial charge in [-0.05, 0) is 50.5 Å². The maximum Gasteiger partial charge on any atom is 0.240 e. The zero-order valence-electron chi connectivity index (χ0n) is 11.9. The Kier molecular flexibility index (Phi) is 2.67. The minimum Gasteiger partial charge on any atom is -0.370 e. The van der Waals surface area contributed by atoms with Crippen LogP contribution in [0, 0.1) is 18.8 Å². The molecule has 0 aromatic heterocycles. The van der Waals surface area contributed by atoms with E-state index in [1.165, 1.54) is 4.90 Å². The van der Waals surface area contributed by atoms with E-state index in [1.54, 1.807) is 0 Å². The summed E-state index contributed by atoms with van der Waals surface area (Å²) < 4.78 is 6.89. The summed E-state index contributed by atoms with van der Waals surface area (Å²) in [6, 6.07) is 5.58. The number of hydrogen-bond acceptors (Lipinski definition) is 3. The van der Waals surface area contributed by atoms with Crippen molar-refractivity contribution in [3.8, 4) is 0 Å². The first-order valence-electron chi connectivity index (χ1n) is 7.24. The summed E-state index contributed by atoms with van der Waals surface area (Å²) in [5.74, 6) is -0.801. The molecule has 4 nitrogen and oxygen atoms in total. The number of hydrogen-bond donors (Lipinski definition) is 0. The number of ether oxygens (including phenoxy) is 1. The van der Waals surface area contributed by atoms with Crippen molar-refractivity contribution in [1.29, 1.82) is 0 Å². The predicted octanol–water partition coefficient (Wildman–Crippen LogP) is 2.81. The standard InChI is InChI=1S/C16H16BrNO3/c1-8-7-9(3-4-10(8)17)18-14(19)12-11-5-6-16(2,21-11)13(12)15(18)20/h3-4,7,11-13H,5-6H2,1-2H3/t11-,12-,13+,16+/m1/s1. The smallest absolute Gasteiger partial charge is 0.240 e. The number of carbonyl (C=O) groups excluding carboxylic acids is 2. The number of rotatable bonds is 1. The first-order chi connectivity index (χ1) is 9.92. The summed E-state index contributed by atoms with van der Waals surface area (Å²) in [4.78, 5) is 26.9. The van der Waals surface area contributed by atoms with Gasteiger partial charge in [0.25, 0.3) is 0 Å². The molecule has 4 atom stereocenters. The Bertz CT molecular complexity index is 673. The Morgan fingerprint density at radius 1 is 1.33 bits per heavy atom. The molecular weight excluding hydrogens is 334 g/mol. The summed E-state index contributed by atoms with van der Waals surface area (Å²) in [5.41, 5.74) is 1.22. The molecule has 0 spiro atoms. The Morgan fingerprint density at radius 3 is 2.76 bits per heavy atom. The maximum absolute atomic E-state index is 12.8. The van der Waals surface area contributed by atoms with E-state index in [2.05, 4.69) is 15.9 Å². The number of halogens is 1. The monoisotopic (exact) mass is 349 g/mol. The van der Waals surface area contributed by atoms with E-state index < -0.39 is 5.60 Å². The Morgan fingerprint density at radius 2 is 2.10 bits per heavy atom. The van der Waals surface area contributed by atoms with Gasteiger partial charge in [0, 0.05) is 4.47 Å². The fourth-order valence-corrected chi connectivity index (χ4v) is 4.35. The molecule has 4 rings (SSSR count). The van der Waals surface area contributed by atoms with E-state index in [-0.39, 0.29) is 29.8 Å². The molecule has 3 heterocycles. The number of fused-ring (bicyclic) bond motifs is 5. The van der Waals surface area contributed by atoms with Crippen LogP contribution in [-0.4, -0.2) is 23.5 Å². The molecular formula is C16H16BrNO3. The SMILES string of the molecule is Cc1cc(N2C(=O)[C@H]3[C@@H](C2=O)[C@]2(C)CC[C@H]3O2)ccc1Br. The Labute approximate surface area is 131 Å². The van der Waals surface area contributed by atoms with Crippen molar-refractivity contribution in [3.05, 3.63) is 28.2 Å². The lowest BCUT2D eigenvalue weighted by Gasteiger charge is -2.26. The van der Waals surface area contributed by atoms with Gasteiger partial charge in [-0.2, -0.15) is 0 Å². The molecule has 110 valence electrons. The van der Waals surface area contributed by atoms with Gasteiger partial charge in [0.15, 0.2) is 0 Å². The highest BCUT2D eigenvalue weighted by atomic mass is 79.9. The second kappa shape index (κ2) is 4.17. The van der Waals surface area contributed by atoms with Crippen LogP contribution in [0.2, 0.25) is 0 Å². The lowest BCUT2D eigenvalue weighted by Crippen LogP contribution is -2.39. The summed E-state index contributed by atoms with van der Waals surface area (Å²) in [7, 11) is 0. The lowest BCUT2D eigenvalue weighted by molar-refractivity contribution is -0.126. The average Bonchev–Trinajstić information content (AvgIpc) is 3.03. The number of nitrogens with zero attached hydrogens (tertiary/aromatic N) is 1.